The lowest BCUT2D eigenvalue weighted by Crippen LogP contribution is -2.39. The van der Waals surface area contributed by atoms with Crippen molar-refractivity contribution >= 4 is 5.91 Å². The fourth-order valence-electron chi connectivity index (χ4n) is 3.58. The highest BCUT2D eigenvalue weighted by Gasteiger charge is 2.24. The zero-order valence-corrected chi connectivity index (χ0v) is 15.5. The Morgan fingerprint density at radius 1 is 1.07 bits per heavy atom. The van der Waals surface area contributed by atoms with Crippen molar-refractivity contribution in [3.05, 3.63) is 66.5 Å². The molecule has 1 aliphatic rings. The van der Waals surface area contributed by atoms with Crippen LogP contribution in [-0.4, -0.2) is 43.6 Å². The number of pyridine rings is 2. The lowest BCUT2D eigenvalue weighted by molar-refractivity contribution is -0.131. The first-order valence-electron chi connectivity index (χ1n) is 9.32. The van der Waals surface area contributed by atoms with E-state index in [4.69, 9.17) is 0 Å². The third kappa shape index (κ3) is 4.05. The summed E-state index contributed by atoms with van der Waals surface area (Å²) in [6.07, 6.45) is 9.77. The average molecular weight is 361 g/mol. The topological polar surface area (TPSA) is 63.9 Å². The summed E-state index contributed by atoms with van der Waals surface area (Å²) in [6.45, 7) is 1.56. The van der Waals surface area contributed by atoms with E-state index >= 15 is 0 Å². The Balaban J connectivity index is 1.34. The van der Waals surface area contributed by atoms with Crippen molar-refractivity contribution in [1.29, 1.82) is 0 Å². The van der Waals surface area contributed by atoms with Crippen LogP contribution >= 0.6 is 0 Å². The summed E-state index contributed by atoms with van der Waals surface area (Å²) in [5.41, 5.74) is 4.10. The Hall–Kier alpha value is -3.02. The number of carbonyl (C=O) groups is 1. The highest BCUT2D eigenvalue weighted by atomic mass is 16.2. The summed E-state index contributed by atoms with van der Waals surface area (Å²) in [6, 6.07) is 9.91. The molecule has 1 fully saturated rings. The first-order valence-corrected chi connectivity index (χ1v) is 9.32. The predicted octanol–water partition coefficient (Wildman–Crippen LogP) is 2.83. The van der Waals surface area contributed by atoms with Crippen molar-refractivity contribution in [2.24, 2.45) is 7.05 Å². The quantitative estimate of drug-likeness (QED) is 0.717. The van der Waals surface area contributed by atoms with Crippen LogP contribution in [0.2, 0.25) is 0 Å². The fourth-order valence-corrected chi connectivity index (χ4v) is 3.58. The van der Waals surface area contributed by atoms with Crippen LogP contribution in [0.5, 0.6) is 0 Å². The molecule has 1 aliphatic heterocycles. The molecule has 4 heterocycles. The molecular weight excluding hydrogens is 338 g/mol. The number of aromatic nitrogens is 4. The minimum atomic E-state index is 0.159. The van der Waals surface area contributed by atoms with E-state index < -0.39 is 0 Å². The second kappa shape index (κ2) is 7.70. The van der Waals surface area contributed by atoms with Crippen molar-refractivity contribution < 1.29 is 4.79 Å². The van der Waals surface area contributed by atoms with Gasteiger partial charge in [0, 0.05) is 67.2 Å². The number of nitrogens with zero attached hydrogens (tertiary/aromatic N) is 5. The molecule has 0 N–H and O–H groups in total. The zero-order chi connectivity index (χ0) is 18.6. The molecule has 1 amide bonds. The lowest BCUT2D eigenvalue weighted by Gasteiger charge is -2.31. The second-order valence-electron chi connectivity index (χ2n) is 7.03. The van der Waals surface area contributed by atoms with E-state index in [9.17, 15) is 4.79 Å². The molecule has 6 nitrogen and oxygen atoms in total. The van der Waals surface area contributed by atoms with Gasteiger partial charge in [-0.25, -0.2) is 0 Å². The molecule has 3 aromatic rings. The number of carbonyl (C=O) groups excluding carboxylic acids is 1. The van der Waals surface area contributed by atoms with Gasteiger partial charge >= 0.3 is 0 Å². The van der Waals surface area contributed by atoms with E-state index in [0.29, 0.717) is 12.3 Å². The van der Waals surface area contributed by atoms with Gasteiger partial charge in [0.15, 0.2) is 0 Å². The number of amides is 1. The van der Waals surface area contributed by atoms with E-state index in [1.165, 1.54) is 0 Å². The number of hydrogen-bond donors (Lipinski definition) is 0. The first-order chi connectivity index (χ1) is 13.2. The molecule has 4 rings (SSSR count). The van der Waals surface area contributed by atoms with Crippen molar-refractivity contribution in [3.8, 4) is 11.1 Å². The van der Waals surface area contributed by atoms with Gasteiger partial charge in [-0.3, -0.25) is 19.4 Å². The van der Waals surface area contributed by atoms with Crippen LogP contribution < -0.4 is 0 Å². The highest BCUT2D eigenvalue weighted by Crippen LogP contribution is 2.28. The summed E-state index contributed by atoms with van der Waals surface area (Å²) < 4.78 is 1.79. The zero-order valence-electron chi connectivity index (χ0n) is 15.5. The minimum absolute atomic E-state index is 0.159. The monoisotopic (exact) mass is 361 g/mol. The maximum Gasteiger partial charge on any atom is 0.228 e. The third-order valence-electron chi connectivity index (χ3n) is 5.15. The predicted molar refractivity (Wildman–Crippen MR) is 103 cm³/mol. The molecule has 0 bridgehead atoms. The molecule has 1 saturated heterocycles. The van der Waals surface area contributed by atoms with Crippen LogP contribution in [0.3, 0.4) is 0 Å². The Labute approximate surface area is 158 Å². The SMILES string of the molecule is Cn1cc(-c2ccc(C3CCN(C(=O)Cc4ccccn4)CC3)nc2)cn1. The molecular formula is C21H23N5O. The normalized spacial score (nSPS) is 15.1. The fraction of sp³-hybridized carbons (Fsp3) is 0.333. The number of rotatable bonds is 4. The summed E-state index contributed by atoms with van der Waals surface area (Å²) >= 11 is 0. The standard InChI is InChI=1S/C21H23N5O/c1-25-15-18(14-24-25)17-5-6-20(23-13-17)16-7-10-26(11-8-16)21(27)12-19-4-2-3-9-22-19/h2-6,9,13-16H,7-8,10-12H2,1H3. The van der Waals surface area contributed by atoms with Gasteiger partial charge in [0.1, 0.15) is 0 Å². The molecule has 0 saturated carbocycles. The summed E-state index contributed by atoms with van der Waals surface area (Å²) in [4.78, 5) is 23.4. The lowest BCUT2D eigenvalue weighted by atomic mass is 9.92. The highest BCUT2D eigenvalue weighted by molar-refractivity contribution is 5.78. The van der Waals surface area contributed by atoms with Gasteiger partial charge in [-0.2, -0.15) is 5.10 Å². The van der Waals surface area contributed by atoms with Crippen molar-refractivity contribution in [2.75, 3.05) is 13.1 Å². The minimum Gasteiger partial charge on any atom is -0.342 e. The van der Waals surface area contributed by atoms with Crippen molar-refractivity contribution in [3.63, 3.8) is 0 Å². The van der Waals surface area contributed by atoms with Crippen LogP contribution in [0.15, 0.2) is 55.1 Å². The molecule has 0 aromatic carbocycles. The van der Waals surface area contributed by atoms with Crippen LogP contribution in [-0.2, 0) is 18.3 Å². The Bertz CT molecular complexity index is 896. The van der Waals surface area contributed by atoms with Crippen LogP contribution in [0, 0.1) is 0 Å². The molecule has 6 heteroatoms. The molecule has 0 radical (unpaired) electrons. The average Bonchev–Trinajstić information content (AvgIpc) is 3.15. The van der Waals surface area contributed by atoms with Gasteiger partial charge in [0.05, 0.1) is 12.6 Å². The van der Waals surface area contributed by atoms with E-state index in [-0.39, 0.29) is 5.91 Å². The van der Waals surface area contributed by atoms with Gasteiger partial charge in [-0.15, -0.1) is 0 Å². The summed E-state index contributed by atoms with van der Waals surface area (Å²) in [7, 11) is 1.91. The van der Waals surface area contributed by atoms with Crippen LogP contribution in [0.4, 0.5) is 0 Å². The number of piperidine rings is 1. The molecule has 27 heavy (non-hydrogen) atoms. The maximum atomic E-state index is 12.5. The number of aryl methyl sites for hydroxylation is 1. The molecule has 0 spiro atoms. The number of likely N-dealkylation sites (tertiary alicyclic amines) is 1. The smallest absolute Gasteiger partial charge is 0.228 e. The van der Waals surface area contributed by atoms with Gasteiger partial charge in [-0.05, 0) is 31.0 Å². The van der Waals surface area contributed by atoms with Crippen molar-refractivity contribution in [2.45, 2.75) is 25.2 Å². The Kier molecular flexibility index (Phi) is 4.96. The van der Waals surface area contributed by atoms with E-state index in [1.807, 2.05) is 48.7 Å². The number of hydrogen-bond acceptors (Lipinski definition) is 4. The maximum absolute atomic E-state index is 12.5. The molecule has 138 valence electrons. The summed E-state index contributed by atoms with van der Waals surface area (Å²) in [5.74, 6) is 0.568. The van der Waals surface area contributed by atoms with E-state index in [1.54, 1.807) is 10.9 Å². The Morgan fingerprint density at radius 2 is 1.93 bits per heavy atom. The second-order valence-corrected chi connectivity index (χ2v) is 7.03. The largest absolute Gasteiger partial charge is 0.342 e. The molecule has 3 aromatic heterocycles. The molecule has 0 unspecified atom stereocenters. The summed E-state index contributed by atoms with van der Waals surface area (Å²) in [5, 5.41) is 4.21. The van der Waals surface area contributed by atoms with Crippen LogP contribution in [0.1, 0.15) is 30.1 Å². The molecule has 0 aliphatic carbocycles. The van der Waals surface area contributed by atoms with Gasteiger partial charge in [-0.1, -0.05) is 12.1 Å². The van der Waals surface area contributed by atoms with E-state index in [2.05, 4.69) is 27.2 Å². The van der Waals surface area contributed by atoms with E-state index in [0.717, 1.165) is 48.4 Å². The first kappa shape index (κ1) is 17.4. The Morgan fingerprint density at radius 3 is 2.56 bits per heavy atom. The van der Waals surface area contributed by atoms with Crippen LogP contribution in [0.25, 0.3) is 11.1 Å². The third-order valence-corrected chi connectivity index (χ3v) is 5.15. The van der Waals surface area contributed by atoms with Gasteiger partial charge in [0.2, 0.25) is 5.91 Å². The van der Waals surface area contributed by atoms with Crippen molar-refractivity contribution in [1.82, 2.24) is 24.6 Å². The molecule has 0 atom stereocenters. The van der Waals surface area contributed by atoms with Gasteiger partial charge < -0.3 is 4.90 Å². The van der Waals surface area contributed by atoms with Gasteiger partial charge in [0.25, 0.3) is 0 Å².